The van der Waals surface area contributed by atoms with Crippen molar-refractivity contribution in [2.24, 2.45) is 0 Å². The summed E-state index contributed by atoms with van der Waals surface area (Å²) >= 11 is 1.70. The number of nitrogens with zero attached hydrogens (tertiary/aromatic N) is 2. The first kappa shape index (κ1) is 25.7. The number of rotatable bonds is 13. The fraction of sp³-hybridized carbons (Fsp3) is 0.357. The van der Waals surface area contributed by atoms with E-state index in [0.29, 0.717) is 39.3 Å². The number of hydrogen-bond acceptors (Lipinski definition) is 4. The smallest absolute Gasteiger partial charge is 0.242 e. The fourth-order valence-electron chi connectivity index (χ4n) is 3.73. The Morgan fingerprint density at radius 2 is 1.50 bits per heavy atom. The van der Waals surface area contributed by atoms with Gasteiger partial charge in [0.1, 0.15) is 0 Å². The van der Waals surface area contributed by atoms with E-state index >= 15 is 0 Å². The highest BCUT2D eigenvalue weighted by Gasteiger charge is 2.22. The molecule has 2 amide bonds. The Bertz CT molecular complexity index is 1020. The van der Waals surface area contributed by atoms with Crippen molar-refractivity contribution in [3.05, 3.63) is 93.7 Å². The first-order valence-corrected chi connectivity index (χ1v) is 12.6. The molecule has 1 heterocycles. The van der Waals surface area contributed by atoms with Gasteiger partial charge in [-0.3, -0.25) is 9.59 Å². The molecule has 0 aliphatic rings. The van der Waals surface area contributed by atoms with Crippen molar-refractivity contribution in [3.8, 4) is 0 Å². The SMILES string of the molecule is CCOCCCN(CC(=O)N(Cc1ccccc1)Cc1ccc(C)s1)C(=O)Cc1ccccc1. The summed E-state index contributed by atoms with van der Waals surface area (Å²) in [5.41, 5.74) is 2.02. The second kappa shape index (κ2) is 13.7. The van der Waals surface area contributed by atoms with Gasteiger partial charge in [0.15, 0.2) is 0 Å². The second-order valence-corrected chi connectivity index (χ2v) is 9.65. The monoisotopic (exact) mass is 478 g/mol. The van der Waals surface area contributed by atoms with Gasteiger partial charge in [0.05, 0.1) is 19.5 Å². The largest absolute Gasteiger partial charge is 0.382 e. The number of amides is 2. The van der Waals surface area contributed by atoms with Gasteiger partial charge in [-0.1, -0.05) is 60.7 Å². The second-order valence-electron chi connectivity index (χ2n) is 8.28. The molecule has 0 aliphatic heterocycles. The average Bonchev–Trinajstić information content (AvgIpc) is 3.26. The van der Waals surface area contributed by atoms with Crippen LogP contribution >= 0.6 is 11.3 Å². The number of thiophene rings is 1. The quantitative estimate of drug-likeness (QED) is 0.322. The Labute approximate surface area is 207 Å². The number of carbonyl (C=O) groups excluding carboxylic acids is 2. The van der Waals surface area contributed by atoms with Crippen LogP contribution in [0, 0.1) is 6.92 Å². The van der Waals surface area contributed by atoms with E-state index in [1.807, 2.05) is 72.5 Å². The van der Waals surface area contributed by atoms with Gasteiger partial charge in [0, 0.05) is 36.1 Å². The maximum Gasteiger partial charge on any atom is 0.242 e. The van der Waals surface area contributed by atoms with Crippen LogP contribution in [0.4, 0.5) is 0 Å². The van der Waals surface area contributed by atoms with E-state index in [0.717, 1.165) is 16.0 Å². The number of aryl methyl sites for hydroxylation is 1. The minimum atomic E-state index is -0.0484. The first-order valence-electron chi connectivity index (χ1n) is 11.8. The summed E-state index contributed by atoms with van der Waals surface area (Å²) < 4.78 is 5.46. The predicted molar refractivity (Wildman–Crippen MR) is 138 cm³/mol. The summed E-state index contributed by atoms with van der Waals surface area (Å²) in [4.78, 5) is 32.6. The highest BCUT2D eigenvalue weighted by Crippen LogP contribution is 2.19. The molecule has 0 atom stereocenters. The average molecular weight is 479 g/mol. The van der Waals surface area contributed by atoms with Crippen molar-refractivity contribution in [3.63, 3.8) is 0 Å². The van der Waals surface area contributed by atoms with Crippen molar-refractivity contribution in [2.75, 3.05) is 26.3 Å². The molecule has 180 valence electrons. The highest BCUT2D eigenvalue weighted by atomic mass is 32.1. The molecule has 0 spiro atoms. The van der Waals surface area contributed by atoms with Gasteiger partial charge in [0.25, 0.3) is 0 Å². The molecule has 3 aromatic rings. The summed E-state index contributed by atoms with van der Waals surface area (Å²) in [5.74, 6) is -0.0876. The Hall–Kier alpha value is -2.96. The first-order chi connectivity index (χ1) is 16.5. The van der Waals surface area contributed by atoms with Gasteiger partial charge in [-0.25, -0.2) is 0 Å². The van der Waals surface area contributed by atoms with Gasteiger partial charge in [-0.15, -0.1) is 11.3 Å². The normalized spacial score (nSPS) is 10.8. The van der Waals surface area contributed by atoms with E-state index in [4.69, 9.17) is 4.74 Å². The summed E-state index contributed by atoms with van der Waals surface area (Å²) in [6.07, 6.45) is 0.982. The van der Waals surface area contributed by atoms with E-state index < -0.39 is 0 Å². The van der Waals surface area contributed by atoms with Crippen LogP contribution in [0.25, 0.3) is 0 Å². The topological polar surface area (TPSA) is 49.9 Å². The van der Waals surface area contributed by atoms with Crippen LogP contribution in [-0.2, 0) is 33.8 Å². The van der Waals surface area contributed by atoms with Crippen LogP contribution in [0.5, 0.6) is 0 Å². The summed E-state index contributed by atoms with van der Waals surface area (Å²) in [7, 11) is 0. The van der Waals surface area contributed by atoms with Gasteiger partial charge in [-0.2, -0.15) is 0 Å². The van der Waals surface area contributed by atoms with E-state index in [9.17, 15) is 9.59 Å². The molecule has 0 fully saturated rings. The van der Waals surface area contributed by atoms with E-state index in [-0.39, 0.29) is 24.8 Å². The molecule has 0 aliphatic carbocycles. The third-order valence-corrected chi connectivity index (χ3v) is 6.49. The highest BCUT2D eigenvalue weighted by molar-refractivity contribution is 7.11. The lowest BCUT2D eigenvalue weighted by molar-refractivity contribution is -0.141. The summed E-state index contributed by atoms with van der Waals surface area (Å²) in [5, 5.41) is 0. The standard InChI is InChI=1S/C28H34N2O3S/c1-3-33-18-10-17-29(27(31)19-24-11-6-4-7-12-24)22-28(32)30(20-25-13-8-5-9-14-25)21-26-16-15-23(2)34-26/h4-9,11-16H,3,10,17-22H2,1-2H3. The molecule has 34 heavy (non-hydrogen) atoms. The molecule has 0 saturated heterocycles. The molecule has 1 aromatic heterocycles. The Kier molecular flexibility index (Phi) is 10.3. The van der Waals surface area contributed by atoms with E-state index in [1.165, 1.54) is 4.88 Å². The molecule has 0 saturated carbocycles. The van der Waals surface area contributed by atoms with Crippen LogP contribution in [0.1, 0.15) is 34.2 Å². The number of carbonyl (C=O) groups is 2. The molecule has 2 aromatic carbocycles. The number of hydrogen-bond donors (Lipinski definition) is 0. The minimum Gasteiger partial charge on any atom is -0.382 e. The molecule has 0 bridgehead atoms. The zero-order valence-electron chi connectivity index (χ0n) is 20.1. The summed E-state index contributed by atoms with van der Waals surface area (Å²) in [6, 6.07) is 23.8. The molecule has 0 unspecified atom stereocenters. The number of benzene rings is 2. The third-order valence-electron chi connectivity index (χ3n) is 5.51. The maximum absolute atomic E-state index is 13.5. The molecule has 0 radical (unpaired) electrons. The zero-order valence-corrected chi connectivity index (χ0v) is 20.9. The van der Waals surface area contributed by atoms with Gasteiger partial charge in [-0.05, 0) is 43.5 Å². The molecule has 0 N–H and O–H groups in total. The van der Waals surface area contributed by atoms with E-state index in [1.54, 1.807) is 16.2 Å². The van der Waals surface area contributed by atoms with Gasteiger partial charge in [0.2, 0.25) is 11.8 Å². The van der Waals surface area contributed by atoms with Crippen molar-refractivity contribution in [1.82, 2.24) is 9.80 Å². The Morgan fingerprint density at radius 1 is 0.824 bits per heavy atom. The van der Waals surface area contributed by atoms with Crippen molar-refractivity contribution in [1.29, 1.82) is 0 Å². The fourth-order valence-corrected chi connectivity index (χ4v) is 4.64. The van der Waals surface area contributed by atoms with Crippen LogP contribution in [0.3, 0.4) is 0 Å². The Morgan fingerprint density at radius 3 is 2.12 bits per heavy atom. The molecular weight excluding hydrogens is 444 g/mol. The van der Waals surface area contributed by atoms with Gasteiger partial charge < -0.3 is 14.5 Å². The van der Waals surface area contributed by atoms with E-state index in [2.05, 4.69) is 19.1 Å². The van der Waals surface area contributed by atoms with Crippen LogP contribution in [0.15, 0.2) is 72.8 Å². The maximum atomic E-state index is 13.5. The van der Waals surface area contributed by atoms with Crippen molar-refractivity contribution < 1.29 is 14.3 Å². The number of ether oxygens (including phenoxy) is 1. The Balaban J connectivity index is 1.73. The summed E-state index contributed by atoms with van der Waals surface area (Å²) in [6.45, 7) is 6.84. The lowest BCUT2D eigenvalue weighted by Crippen LogP contribution is -2.43. The van der Waals surface area contributed by atoms with Crippen molar-refractivity contribution >= 4 is 23.2 Å². The van der Waals surface area contributed by atoms with Crippen LogP contribution < -0.4 is 0 Å². The van der Waals surface area contributed by atoms with Crippen LogP contribution in [0.2, 0.25) is 0 Å². The van der Waals surface area contributed by atoms with Gasteiger partial charge >= 0.3 is 0 Å². The lowest BCUT2D eigenvalue weighted by Gasteiger charge is -2.28. The lowest BCUT2D eigenvalue weighted by atomic mass is 10.1. The predicted octanol–water partition coefficient (Wildman–Crippen LogP) is 5.08. The van der Waals surface area contributed by atoms with Crippen molar-refractivity contribution in [2.45, 2.75) is 39.8 Å². The zero-order chi connectivity index (χ0) is 24.2. The minimum absolute atomic E-state index is 0.0392. The molecule has 6 heteroatoms. The van der Waals surface area contributed by atoms with Crippen LogP contribution in [-0.4, -0.2) is 47.9 Å². The molecule has 3 rings (SSSR count). The molecule has 5 nitrogen and oxygen atoms in total. The molecular formula is C28H34N2O3S. The third kappa shape index (κ3) is 8.43.